The van der Waals surface area contributed by atoms with Crippen molar-refractivity contribution < 1.29 is 9.09 Å². The van der Waals surface area contributed by atoms with E-state index in [-0.39, 0.29) is 11.8 Å². The Labute approximate surface area is 159 Å². The largest absolute Gasteiger partial charge is 0.321 e. The fourth-order valence-corrected chi connectivity index (χ4v) is 9.33. The maximum absolute atomic E-state index is 14.5. The van der Waals surface area contributed by atoms with Gasteiger partial charge in [0.1, 0.15) is 0 Å². The summed E-state index contributed by atoms with van der Waals surface area (Å²) in [4.78, 5) is 0. The van der Waals surface area contributed by atoms with Crippen molar-refractivity contribution in [1.29, 1.82) is 0 Å². The summed E-state index contributed by atoms with van der Waals surface area (Å²) in [6.07, 6.45) is 8.71. The van der Waals surface area contributed by atoms with E-state index in [1.807, 2.05) is 18.2 Å². The molecule has 0 aromatic heterocycles. The molecule has 3 fully saturated rings. The van der Waals surface area contributed by atoms with E-state index >= 15 is 0 Å². The van der Waals surface area contributed by atoms with Gasteiger partial charge in [0.05, 0.1) is 6.10 Å². The standard InChI is InChI=1S/C23H35O2P/c1-16(2)21-12-9-17(3)13-22(21)25-26(24,20-7-5-4-6-8-20)23-15-18-10-11-19(23)14-18/h4-8,16-19,21-23H,9-15H2,1-3H3/t17-,18-,19+,21+,22-,23+,26-/m1/s1. The SMILES string of the molecule is CC(C)[C@@H]1CC[C@@H](C)C[C@H]1O[P@](=O)(c1ccccc1)[C@H]1C[C@@H]2CC[C@H]1C2. The van der Waals surface area contributed by atoms with Crippen LogP contribution in [0.2, 0.25) is 0 Å². The summed E-state index contributed by atoms with van der Waals surface area (Å²) in [6.45, 7) is 6.95. The molecular weight excluding hydrogens is 339 g/mol. The van der Waals surface area contributed by atoms with E-state index < -0.39 is 7.37 Å². The van der Waals surface area contributed by atoms with Crippen LogP contribution in [-0.2, 0) is 9.09 Å². The molecule has 0 aliphatic heterocycles. The van der Waals surface area contributed by atoms with Crippen LogP contribution in [0.3, 0.4) is 0 Å². The van der Waals surface area contributed by atoms with Crippen LogP contribution >= 0.6 is 7.37 Å². The summed E-state index contributed by atoms with van der Waals surface area (Å²) in [5.41, 5.74) is 0.258. The fourth-order valence-electron chi connectivity index (χ4n) is 6.03. The van der Waals surface area contributed by atoms with E-state index in [2.05, 4.69) is 32.9 Å². The van der Waals surface area contributed by atoms with Gasteiger partial charge in [-0.25, -0.2) is 0 Å². The normalized spacial score (nSPS) is 39.2. The zero-order chi connectivity index (χ0) is 18.3. The molecule has 7 atom stereocenters. The molecule has 26 heavy (non-hydrogen) atoms. The molecule has 3 saturated carbocycles. The number of hydrogen-bond donors (Lipinski definition) is 0. The summed E-state index contributed by atoms with van der Waals surface area (Å²) in [6, 6.07) is 10.2. The zero-order valence-electron chi connectivity index (χ0n) is 16.6. The predicted molar refractivity (Wildman–Crippen MR) is 109 cm³/mol. The summed E-state index contributed by atoms with van der Waals surface area (Å²) in [5.74, 6) is 3.22. The first-order valence-corrected chi connectivity index (χ1v) is 12.5. The van der Waals surface area contributed by atoms with Crippen LogP contribution in [0.4, 0.5) is 0 Å². The maximum Gasteiger partial charge on any atom is 0.235 e. The van der Waals surface area contributed by atoms with Crippen LogP contribution in [0.5, 0.6) is 0 Å². The van der Waals surface area contributed by atoms with Gasteiger partial charge >= 0.3 is 0 Å². The summed E-state index contributed by atoms with van der Waals surface area (Å²) >= 11 is 0. The molecule has 0 N–H and O–H groups in total. The summed E-state index contributed by atoms with van der Waals surface area (Å²) in [5, 5.41) is 0.971. The Hall–Kier alpha value is -0.590. The van der Waals surface area contributed by atoms with Crippen molar-refractivity contribution in [3.05, 3.63) is 30.3 Å². The molecule has 0 radical (unpaired) electrons. The van der Waals surface area contributed by atoms with E-state index in [4.69, 9.17) is 4.52 Å². The van der Waals surface area contributed by atoms with Gasteiger partial charge in [-0.15, -0.1) is 0 Å². The maximum atomic E-state index is 14.5. The molecule has 1 aromatic carbocycles. The number of rotatable bonds is 5. The molecule has 4 rings (SSSR count). The highest BCUT2D eigenvalue weighted by Crippen LogP contribution is 2.65. The summed E-state index contributed by atoms with van der Waals surface area (Å²) < 4.78 is 21.3. The topological polar surface area (TPSA) is 26.3 Å². The minimum atomic E-state index is -2.83. The van der Waals surface area contributed by atoms with Gasteiger partial charge < -0.3 is 4.52 Å². The van der Waals surface area contributed by atoms with Crippen LogP contribution in [-0.4, -0.2) is 11.8 Å². The quantitative estimate of drug-likeness (QED) is 0.569. The van der Waals surface area contributed by atoms with Crippen LogP contribution in [0.25, 0.3) is 0 Å². The van der Waals surface area contributed by atoms with Crippen molar-refractivity contribution in [2.45, 2.75) is 77.5 Å². The highest BCUT2D eigenvalue weighted by atomic mass is 31.2. The molecule has 0 heterocycles. The fraction of sp³-hybridized carbons (Fsp3) is 0.739. The van der Waals surface area contributed by atoms with Gasteiger partial charge in [-0.1, -0.05) is 51.8 Å². The van der Waals surface area contributed by atoms with Crippen molar-refractivity contribution in [1.82, 2.24) is 0 Å². The Kier molecular flexibility index (Phi) is 5.37. The van der Waals surface area contributed by atoms with E-state index in [0.717, 1.165) is 24.1 Å². The van der Waals surface area contributed by atoms with Crippen molar-refractivity contribution in [3.63, 3.8) is 0 Å². The molecule has 0 unspecified atom stereocenters. The third-order valence-corrected chi connectivity index (χ3v) is 10.6. The minimum Gasteiger partial charge on any atom is -0.321 e. The van der Waals surface area contributed by atoms with Gasteiger partial charge in [-0.3, -0.25) is 4.57 Å². The third-order valence-electron chi connectivity index (χ3n) is 7.51. The summed E-state index contributed by atoms with van der Waals surface area (Å²) in [7, 11) is -2.83. The van der Waals surface area contributed by atoms with E-state index in [1.54, 1.807) is 0 Å². The van der Waals surface area contributed by atoms with Gasteiger partial charge in [0.25, 0.3) is 0 Å². The second-order valence-corrected chi connectivity index (χ2v) is 12.2. The van der Waals surface area contributed by atoms with Crippen LogP contribution < -0.4 is 5.30 Å². The average Bonchev–Trinajstić information content (AvgIpc) is 3.26. The van der Waals surface area contributed by atoms with Gasteiger partial charge in [0.15, 0.2) is 0 Å². The molecule has 0 spiro atoms. The monoisotopic (exact) mass is 374 g/mol. The van der Waals surface area contributed by atoms with Gasteiger partial charge in [-0.2, -0.15) is 0 Å². The first kappa shape index (κ1) is 18.8. The van der Waals surface area contributed by atoms with Crippen LogP contribution in [0, 0.1) is 29.6 Å². The smallest absolute Gasteiger partial charge is 0.235 e. The van der Waals surface area contributed by atoms with E-state index in [1.165, 1.54) is 32.1 Å². The van der Waals surface area contributed by atoms with E-state index in [9.17, 15) is 4.57 Å². The molecule has 1 aromatic rings. The Balaban J connectivity index is 1.66. The Morgan fingerprint density at radius 1 is 1.00 bits per heavy atom. The molecule has 3 aliphatic carbocycles. The molecule has 3 aliphatic rings. The third kappa shape index (κ3) is 3.45. The molecule has 144 valence electrons. The molecule has 2 bridgehead atoms. The zero-order valence-corrected chi connectivity index (χ0v) is 17.5. The molecular formula is C23H35O2P. The molecule has 2 nitrogen and oxygen atoms in total. The highest BCUT2D eigenvalue weighted by molar-refractivity contribution is 7.67. The Morgan fingerprint density at radius 3 is 2.38 bits per heavy atom. The molecule has 0 amide bonds. The first-order chi connectivity index (χ1) is 12.5. The van der Waals surface area contributed by atoms with Crippen molar-refractivity contribution in [2.75, 3.05) is 0 Å². The lowest BCUT2D eigenvalue weighted by atomic mass is 9.75. The number of fused-ring (bicyclic) bond motifs is 2. The lowest BCUT2D eigenvalue weighted by Crippen LogP contribution is -2.36. The average molecular weight is 375 g/mol. The van der Waals surface area contributed by atoms with Gasteiger partial charge in [0, 0.05) is 11.0 Å². The van der Waals surface area contributed by atoms with Crippen molar-refractivity contribution in [2.24, 2.45) is 29.6 Å². The van der Waals surface area contributed by atoms with Crippen molar-refractivity contribution in [3.8, 4) is 0 Å². The van der Waals surface area contributed by atoms with Gasteiger partial charge in [-0.05, 0) is 73.8 Å². The lowest BCUT2D eigenvalue weighted by Gasteiger charge is -2.41. The number of benzene rings is 1. The predicted octanol–water partition coefficient (Wildman–Crippen LogP) is 6.26. The van der Waals surface area contributed by atoms with E-state index in [0.29, 0.717) is 23.7 Å². The Bertz CT molecular complexity index is 655. The van der Waals surface area contributed by atoms with Crippen molar-refractivity contribution >= 4 is 12.7 Å². The minimum absolute atomic E-state index is 0.156. The second kappa shape index (κ2) is 7.44. The van der Waals surface area contributed by atoms with Crippen LogP contribution in [0.15, 0.2) is 30.3 Å². The lowest BCUT2D eigenvalue weighted by molar-refractivity contribution is 0.0478. The first-order valence-electron chi connectivity index (χ1n) is 10.8. The Morgan fingerprint density at radius 2 is 1.77 bits per heavy atom. The second-order valence-electron chi connectivity index (χ2n) is 9.64. The highest BCUT2D eigenvalue weighted by Gasteiger charge is 2.51. The molecule has 0 saturated heterocycles. The van der Waals surface area contributed by atoms with Crippen LogP contribution in [0.1, 0.15) is 65.7 Å². The number of hydrogen-bond acceptors (Lipinski definition) is 2. The van der Waals surface area contributed by atoms with Gasteiger partial charge in [0.2, 0.25) is 7.37 Å². The molecule has 3 heteroatoms.